The van der Waals surface area contributed by atoms with Crippen LogP contribution >= 0.6 is 11.3 Å². The molecule has 6 nitrogen and oxygen atoms in total. The fourth-order valence-electron chi connectivity index (χ4n) is 2.18. The lowest BCUT2D eigenvalue weighted by atomic mass is 10.1. The summed E-state index contributed by atoms with van der Waals surface area (Å²) in [5.74, 6) is 1.51. The highest BCUT2D eigenvalue weighted by Gasteiger charge is 2.14. The average molecular weight is 344 g/mol. The Kier molecular flexibility index (Phi) is 4.81. The molecule has 0 aliphatic carbocycles. The normalized spacial score (nSPS) is 10.4. The van der Waals surface area contributed by atoms with Gasteiger partial charge in [-0.1, -0.05) is 11.2 Å². The van der Waals surface area contributed by atoms with E-state index in [4.69, 9.17) is 14.0 Å². The molecule has 124 valence electrons. The third kappa shape index (κ3) is 3.41. The maximum Gasteiger partial charge on any atom is 0.255 e. The maximum atomic E-state index is 12.3. The van der Waals surface area contributed by atoms with E-state index in [0.717, 1.165) is 4.88 Å². The summed E-state index contributed by atoms with van der Waals surface area (Å²) in [5, 5.41) is 8.75. The van der Waals surface area contributed by atoms with Crippen molar-refractivity contribution in [2.45, 2.75) is 6.54 Å². The number of rotatable bonds is 6. The van der Waals surface area contributed by atoms with Crippen LogP contribution in [0.25, 0.3) is 10.6 Å². The Morgan fingerprint density at radius 2 is 2.12 bits per heavy atom. The molecule has 0 bridgehead atoms. The van der Waals surface area contributed by atoms with Crippen LogP contribution in [0.4, 0.5) is 0 Å². The van der Waals surface area contributed by atoms with Crippen molar-refractivity contribution in [3.05, 3.63) is 53.0 Å². The van der Waals surface area contributed by atoms with Crippen molar-refractivity contribution >= 4 is 17.2 Å². The Morgan fingerprint density at radius 3 is 2.83 bits per heavy atom. The molecule has 0 spiro atoms. The molecule has 0 fully saturated rings. The molecule has 1 amide bonds. The number of aromatic nitrogens is 1. The number of ether oxygens (including phenoxy) is 2. The predicted molar refractivity (Wildman–Crippen MR) is 90.5 cm³/mol. The summed E-state index contributed by atoms with van der Waals surface area (Å²) in [4.78, 5) is 13.3. The van der Waals surface area contributed by atoms with Crippen LogP contribution in [0.2, 0.25) is 0 Å². The zero-order chi connectivity index (χ0) is 16.9. The van der Waals surface area contributed by atoms with Crippen molar-refractivity contribution in [2.24, 2.45) is 0 Å². The molecule has 3 rings (SSSR count). The molecule has 0 aliphatic rings. The zero-order valence-corrected chi connectivity index (χ0v) is 14.1. The summed E-state index contributed by atoms with van der Waals surface area (Å²) in [6.07, 6.45) is 0. The highest BCUT2D eigenvalue weighted by Crippen LogP contribution is 2.26. The maximum absolute atomic E-state index is 12.3. The molecule has 0 atom stereocenters. The van der Waals surface area contributed by atoms with E-state index in [1.165, 1.54) is 7.11 Å². The highest BCUT2D eigenvalue weighted by molar-refractivity contribution is 7.13. The Labute approximate surface area is 143 Å². The molecule has 1 N–H and O–H groups in total. The van der Waals surface area contributed by atoms with Crippen molar-refractivity contribution in [1.82, 2.24) is 10.5 Å². The number of carbonyl (C=O) groups is 1. The van der Waals surface area contributed by atoms with Crippen molar-refractivity contribution in [3.8, 4) is 22.1 Å². The first-order valence-electron chi connectivity index (χ1n) is 7.21. The Hall–Kier alpha value is -2.80. The van der Waals surface area contributed by atoms with Gasteiger partial charge in [-0.05, 0) is 23.6 Å². The summed E-state index contributed by atoms with van der Waals surface area (Å²) in [6.45, 7) is 0.267. The van der Waals surface area contributed by atoms with Gasteiger partial charge in [0, 0.05) is 12.1 Å². The molecule has 0 aliphatic heterocycles. The van der Waals surface area contributed by atoms with Gasteiger partial charge < -0.3 is 19.3 Å². The summed E-state index contributed by atoms with van der Waals surface area (Å²) < 4.78 is 15.7. The minimum absolute atomic E-state index is 0.254. The summed E-state index contributed by atoms with van der Waals surface area (Å²) in [6, 6.07) is 10.8. The van der Waals surface area contributed by atoms with Gasteiger partial charge in [-0.15, -0.1) is 11.3 Å². The predicted octanol–water partition coefficient (Wildman–Crippen LogP) is 3.35. The largest absolute Gasteiger partial charge is 0.497 e. The van der Waals surface area contributed by atoms with Gasteiger partial charge in [0.25, 0.3) is 5.91 Å². The van der Waals surface area contributed by atoms with E-state index in [9.17, 15) is 4.79 Å². The monoisotopic (exact) mass is 344 g/mol. The smallest absolute Gasteiger partial charge is 0.255 e. The standard InChI is InChI=1S/C17H16N2O4S/c1-21-12-5-6-13(14(9-12)22-2)17(20)18-10-11-8-15(23-19-11)16-4-3-7-24-16/h3-9H,10H2,1-2H3,(H,18,20). The van der Waals surface area contributed by atoms with Crippen molar-refractivity contribution < 1.29 is 18.8 Å². The van der Waals surface area contributed by atoms with E-state index in [0.29, 0.717) is 28.5 Å². The van der Waals surface area contributed by atoms with E-state index in [2.05, 4.69) is 10.5 Å². The number of nitrogens with zero attached hydrogens (tertiary/aromatic N) is 1. The minimum atomic E-state index is -0.254. The second-order valence-electron chi connectivity index (χ2n) is 4.91. The van der Waals surface area contributed by atoms with Crippen molar-refractivity contribution in [2.75, 3.05) is 14.2 Å². The first-order valence-corrected chi connectivity index (χ1v) is 8.09. The fraction of sp³-hybridized carbons (Fsp3) is 0.176. The van der Waals surface area contributed by atoms with Gasteiger partial charge in [0.2, 0.25) is 0 Å². The van der Waals surface area contributed by atoms with E-state index in [1.807, 2.05) is 23.6 Å². The van der Waals surface area contributed by atoms with Crippen LogP contribution in [0.5, 0.6) is 11.5 Å². The lowest BCUT2D eigenvalue weighted by Gasteiger charge is -2.10. The quantitative estimate of drug-likeness (QED) is 0.742. The molecule has 24 heavy (non-hydrogen) atoms. The number of methoxy groups -OCH3 is 2. The van der Waals surface area contributed by atoms with Crippen LogP contribution in [0.1, 0.15) is 16.1 Å². The molecule has 0 radical (unpaired) electrons. The molecule has 7 heteroatoms. The lowest BCUT2D eigenvalue weighted by Crippen LogP contribution is -2.23. The van der Waals surface area contributed by atoms with Crippen molar-refractivity contribution in [3.63, 3.8) is 0 Å². The van der Waals surface area contributed by atoms with Gasteiger partial charge in [0.1, 0.15) is 17.2 Å². The van der Waals surface area contributed by atoms with Crippen LogP contribution in [0.3, 0.4) is 0 Å². The molecule has 3 aromatic rings. The second-order valence-corrected chi connectivity index (χ2v) is 5.86. The summed E-state index contributed by atoms with van der Waals surface area (Å²) in [5.41, 5.74) is 1.08. The first kappa shape index (κ1) is 16.1. The number of carbonyl (C=O) groups excluding carboxylic acids is 1. The van der Waals surface area contributed by atoms with Gasteiger partial charge in [-0.25, -0.2) is 0 Å². The Morgan fingerprint density at radius 1 is 1.25 bits per heavy atom. The van der Waals surface area contributed by atoms with Crippen LogP contribution in [-0.2, 0) is 6.54 Å². The van der Waals surface area contributed by atoms with E-state index in [-0.39, 0.29) is 12.5 Å². The highest BCUT2D eigenvalue weighted by atomic mass is 32.1. The molecule has 1 aromatic carbocycles. The number of hydrogen-bond acceptors (Lipinski definition) is 6. The first-order chi connectivity index (χ1) is 11.7. The van der Waals surface area contributed by atoms with E-state index < -0.39 is 0 Å². The lowest BCUT2D eigenvalue weighted by molar-refractivity contribution is 0.0947. The molecule has 2 heterocycles. The minimum Gasteiger partial charge on any atom is -0.497 e. The average Bonchev–Trinajstić information content (AvgIpc) is 3.30. The number of nitrogens with one attached hydrogen (secondary N) is 1. The molecule has 0 saturated heterocycles. The molecule has 0 unspecified atom stereocenters. The fourth-order valence-corrected chi connectivity index (χ4v) is 2.86. The van der Waals surface area contributed by atoms with Crippen LogP contribution in [0, 0.1) is 0 Å². The van der Waals surface area contributed by atoms with Gasteiger partial charge in [-0.2, -0.15) is 0 Å². The summed E-state index contributed by atoms with van der Waals surface area (Å²) in [7, 11) is 3.07. The Balaban J connectivity index is 1.67. The molecular formula is C17H16N2O4S. The third-order valence-corrected chi connectivity index (χ3v) is 4.29. The molecule has 2 aromatic heterocycles. The van der Waals surface area contributed by atoms with Gasteiger partial charge >= 0.3 is 0 Å². The molecule has 0 saturated carbocycles. The third-order valence-electron chi connectivity index (χ3n) is 3.41. The van der Waals surface area contributed by atoms with Crippen molar-refractivity contribution in [1.29, 1.82) is 0 Å². The Bertz CT molecular complexity index is 827. The number of amides is 1. The van der Waals surface area contributed by atoms with Gasteiger partial charge in [0.05, 0.1) is 31.2 Å². The van der Waals surface area contributed by atoms with E-state index >= 15 is 0 Å². The second kappa shape index (κ2) is 7.18. The van der Waals surface area contributed by atoms with Gasteiger partial charge in [0.15, 0.2) is 5.76 Å². The number of hydrogen-bond donors (Lipinski definition) is 1. The summed E-state index contributed by atoms with van der Waals surface area (Å²) >= 11 is 1.57. The van der Waals surface area contributed by atoms with Crippen LogP contribution < -0.4 is 14.8 Å². The van der Waals surface area contributed by atoms with Crippen LogP contribution in [-0.4, -0.2) is 25.3 Å². The molecular weight excluding hydrogens is 328 g/mol. The SMILES string of the molecule is COc1ccc(C(=O)NCc2cc(-c3cccs3)on2)c(OC)c1. The zero-order valence-electron chi connectivity index (χ0n) is 13.2. The van der Waals surface area contributed by atoms with E-state index in [1.54, 1.807) is 36.6 Å². The number of thiophene rings is 1. The van der Waals surface area contributed by atoms with Crippen LogP contribution in [0.15, 0.2) is 46.3 Å². The van der Waals surface area contributed by atoms with Gasteiger partial charge in [-0.3, -0.25) is 4.79 Å². The topological polar surface area (TPSA) is 73.6 Å². The number of benzene rings is 1.